The predicted octanol–water partition coefficient (Wildman–Crippen LogP) is 6.61. The second-order valence-electron chi connectivity index (χ2n) is 12.6. The number of nitrogens with one attached hydrogen (secondary N) is 2. The molecule has 4 unspecified atom stereocenters. The number of carboxylic acids is 2. The number of amides is 2. The fourth-order valence-electron chi connectivity index (χ4n) is 5.19. The third-order valence-corrected chi connectivity index (χ3v) is 10.6. The van der Waals surface area contributed by atoms with Gasteiger partial charge in [-0.1, -0.05) is 55.4 Å². The van der Waals surface area contributed by atoms with Gasteiger partial charge in [0.1, 0.15) is 5.44 Å². The maximum atomic E-state index is 11.4. The fraction of sp³-hybridized carbons (Fsp3) is 0.844. The number of thioether (sulfide) groups is 1. The summed E-state index contributed by atoms with van der Waals surface area (Å²) in [6.45, 7) is 20.2. The van der Waals surface area contributed by atoms with Crippen molar-refractivity contribution < 1.29 is 48.4 Å². The molecular formula is C32H58Br3InN2O10S2. The van der Waals surface area contributed by atoms with E-state index in [1.807, 2.05) is 13.8 Å². The van der Waals surface area contributed by atoms with E-state index in [0.717, 1.165) is 12.8 Å². The average Bonchev–Trinajstić information content (AvgIpc) is 3.01. The maximum absolute atomic E-state index is 11.4. The first-order valence-electron chi connectivity index (χ1n) is 16.7. The Hall–Kier alpha value is 0.280. The van der Waals surface area contributed by atoms with Crippen molar-refractivity contribution in [3.8, 4) is 0 Å². The van der Waals surface area contributed by atoms with Gasteiger partial charge in [0.15, 0.2) is 0 Å². The number of aliphatic carboxylic acids is 2. The molecule has 0 radical (unpaired) electrons. The van der Waals surface area contributed by atoms with Gasteiger partial charge in [0.05, 0.1) is 36.1 Å². The predicted molar refractivity (Wildman–Crippen MR) is 214 cm³/mol. The van der Waals surface area contributed by atoms with Crippen LogP contribution in [0.15, 0.2) is 0 Å². The minimum atomic E-state index is -1.20. The molecule has 12 atom stereocenters. The van der Waals surface area contributed by atoms with Crippen molar-refractivity contribution in [2.75, 3.05) is 11.5 Å². The van der Waals surface area contributed by atoms with Crippen LogP contribution in [0.2, 0.25) is 0 Å². The topological polar surface area (TPSA) is 178 Å². The monoisotopic (exact) mass is 1050 g/mol. The van der Waals surface area contributed by atoms with Gasteiger partial charge in [0, 0.05) is 32.3 Å². The summed E-state index contributed by atoms with van der Waals surface area (Å²) in [6, 6.07) is -0.365. The van der Waals surface area contributed by atoms with Crippen molar-refractivity contribution in [1.82, 2.24) is 10.6 Å². The molecule has 2 rings (SSSR count). The Bertz CT molecular complexity index is 1050. The number of rotatable bonds is 11. The zero-order valence-corrected chi connectivity index (χ0v) is 40.7. The zero-order chi connectivity index (χ0) is 39.5. The van der Waals surface area contributed by atoms with Gasteiger partial charge in [-0.25, -0.2) is 0 Å². The first-order chi connectivity index (χ1) is 23.0. The van der Waals surface area contributed by atoms with Crippen LogP contribution >= 0.6 is 61.3 Å². The Labute approximate surface area is 333 Å². The van der Waals surface area contributed by atoms with Crippen LogP contribution < -0.4 is 10.6 Å². The van der Waals surface area contributed by atoms with Crippen LogP contribution in [0.1, 0.15) is 89.0 Å². The SMILES string of the molecule is CCC1O[C@@H](OC(C)=O)C(NC(C)=O)[C@@H](C)[C@@H]1C.CCC1O[C@H](SC[C@H](C)C(=O)O)C(NC(C)=O)[C@@H](C)[C@@H]1C.C[C@@H](CS)C(=O)O.[Br][In]([Br])[Br]. The molecule has 2 saturated heterocycles. The van der Waals surface area contributed by atoms with E-state index in [1.54, 1.807) is 13.8 Å². The van der Waals surface area contributed by atoms with Gasteiger partial charge in [-0.15, -0.1) is 11.8 Å². The first kappa shape index (κ1) is 52.4. The Morgan fingerprint density at radius 2 is 1.18 bits per heavy atom. The number of ether oxygens (including phenoxy) is 3. The van der Waals surface area contributed by atoms with E-state index >= 15 is 0 Å². The molecule has 0 aromatic heterocycles. The molecule has 18 heteroatoms. The molecule has 0 spiro atoms. The molecule has 0 bridgehead atoms. The molecule has 2 aliphatic rings. The van der Waals surface area contributed by atoms with E-state index < -0.39 is 44.6 Å². The normalized spacial score (nSPS) is 29.7. The summed E-state index contributed by atoms with van der Waals surface area (Å²) in [5, 5.41) is 22.9. The average molecular weight is 1050 g/mol. The molecule has 2 amide bonds. The van der Waals surface area contributed by atoms with Crippen LogP contribution in [-0.4, -0.2) is 102 Å². The second kappa shape index (κ2) is 27.8. The van der Waals surface area contributed by atoms with Crippen LogP contribution in [0.25, 0.3) is 0 Å². The third kappa shape index (κ3) is 21.2. The molecular weight excluding hydrogens is 991 g/mol. The van der Waals surface area contributed by atoms with E-state index in [2.05, 4.69) is 87.8 Å². The Morgan fingerprint density at radius 1 is 0.780 bits per heavy atom. The number of halogens is 3. The van der Waals surface area contributed by atoms with Crippen molar-refractivity contribution in [2.24, 2.45) is 35.5 Å². The van der Waals surface area contributed by atoms with Crippen molar-refractivity contribution in [2.45, 2.75) is 125 Å². The molecule has 4 N–H and O–H groups in total. The van der Waals surface area contributed by atoms with Gasteiger partial charge >= 0.3 is 69.2 Å². The minimum absolute atomic E-state index is 0.0503. The number of hydrogen-bond acceptors (Lipinski definition) is 10. The Kier molecular flexibility index (Phi) is 29.1. The number of carboxylic acid groups (broad SMARTS) is 2. The van der Waals surface area contributed by atoms with E-state index in [0.29, 0.717) is 29.3 Å². The van der Waals surface area contributed by atoms with Crippen LogP contribution in [0.4, 0.5) is 0 Å². The zero-order valence-electron chi connectivity index (χ0n) is 31.0. The molecule has 0 saturated carbocycles. The molecule has 2 aliphatic heterocycles. The molecule has 0 aromatic carbocycles. The number of hydrogen-bond donors (Lipinski definition) is 5. The van der Waals surface area contributed by atoms with Gasteiger partial charge in [-0.05, 0) is 36.5 Å². The summed E-state index contributed by atoms with van der Waals surface area (Å²) in [5.74, 6) is -0.895. The molecule has 292 valence electrons. The van der Waals surface area contributed by atoms with Gasteiger partial charge in [0.2, 0.25) is 18.1 Å². The van der Waals surface area contributed by atoms with Gasteiger partial charge in [-0.3, -0.25) is 24.0 Å². The second-order valence-corrected chi connectivity index (χ2v) is 58.7. The van der Waals surface area contributed by atoms with Crippen molar-refractivity contribution in [1.29, 1.82) is 0 Å². The van der Waals surface area contributed by atoms with Crippen molar-refractivity contribution >= 4 is 105 Å². The summed E-state index contributed by atoms with van der Waals surface area (Å²) in [6.07, 6.45) is 1.29. The number of esters is 1. The van der Waals surface area contributed by atoms with Crippen LogP contribution in [-0.2, 0) is 38.2 Å². The summed E-state index contributed by atoms with van der Waals surface area (Å²) >= 11 is 14.0. The molecule has 2 fully saturated rings. The number of carbonyl (C=O) groups excluding carboxylic acids is 3. The quantitative estimate of drug-likeness (QED) is 0.111. The van der Waals surface area contributed by atoms with E-state index in [4.69, 9.17) is 24.4 Å². The van der Waals surface area contributed by atoms with Crippen LogP contribution in [0, 0.1) is 35.5 Å². The first-order valence-corrected chi connectivity index (χ1v) is 40.5. The molecule has 2 heterocycles. The van der Waals surface area contributed by atoms with E-state index in [-0.39, 0.29) is 53.4 Å². The van der Waals surface area contributed by atoms with Crippen molar-refractivity contribution in [3.05, 3.63) is 0 Å². The standard InChI is InChI=1S/C15H27NO4S.C13H23NO4.C4H8O2S.3BrH.In/c1-6-12-9(3)10(4)13(16-11(5)17)15(20-12)21-7-8(2)14(18)19;1-6-11-7(2)8(3)12(14-9(4)15)13(18-11)17-10(5)16;1-3(2-7)4(5)6;;;;/h8-10,12-13,15H,6-7H2,1-5H3,(H,16,17)(H,18,19);7-8,11-13H,6H2,1-5H3,(H,14,15);3,7H,2H2,1H3,(H,5,6);3*1H;/q;;;;;;+3/p-3/t8-,9-,10-,12?,13?,15+;7-,8-,11?,12?,13+;3-;;;;/m000..../s1. The molecule has 0 aliphatic carbocycles. The Balaban J connectivity index is 0. The fourth-order valence-corrected chi connectivity index (χ4v) is 6.71. The van der Waals surface area contributed by atoms with Crippen LogP contribution in [0.3, 0.4) is 0 Å². The Morgan fingerprint density at radius 3 is 1.52 bits per heavy atom. The molecule has 50 heavy (non-hydrogen) atoms. The van der Waals surface area contributed by atoms with Gasteiger partial charge in [0.25, 0.3) is 0 Å². The van der Waals surface area contributed by atoms with E-state index in [9.17, 15) is 24.0 Å². The van der Waals surface area contributed by atoms with Crippen LogP contribution in [0.5, 0.6) is 0 Å². The molecule has 12 nitrogen and oxygen atoms in total. The summed E-state index contributed by atoms with van der Waals surface area (Å²) in [5.41, 5.74) is -0.188. The third-order valence-electron chi connectivity index (χ3n) is 8.62. The van der Waals surface area contributed by atoms with E-state index in [1.165, 1.54) is 32.5 Å². The van der Waals surface area contributed by atoms with Gasteiger partial charge < -0.3 is 35.1 Å². The number of thiol groups is 1. The molecule has 0 aromatic rings. The summed E-state index contributed by atoms with van der Waals surface area (Å²) < 4.78 is 17.1. The van der Waals surface area contributed by atoms with Gasteiger partial charge in [-0.2, -0.15) is 12.6 Å². The number of carbonyl (C=O) groups is 5. The summed E-state index contributed by atoms with van der Waals surface area (Å²) in [4.78, 5) is 54.6. The van der Waals surface area contributed by atoms with Crippen molar-refractivity contribution in [3.63, 3.8) is 0 Å². The summed E-state index contributed by atoms with van der Waals surface area (Å²) in [7, 11) is 0.